The largest absolute Gasteiger partial charge is 0.339 e. The van der Waals surface area contributed by atoms with Crippen LogP contribution in [-0.2, 0) is 19.4 Å². The molecule has 1 aromatic heterocycles. The van der Waals surface area contributed by atoms with Crippen LogP contribution in [-0.4, -0.2) is 28.9 Å². The first-order valence-electron chi connectivity index (χ1n) is 10.9. The zero-order valence-electron chi connectivity index (χ0n) is 17.6. The second-order valence-electron chi connectivity index (χ2n) is 8.19. The standard InChI is InChI=1S/C26H28FN3O/c27-25-9-8-22(15-23(25)16-28)21-10-12-30(13-11-21)26(31)24-14-20(17-29-18-24)7-6-19-4-2-1-3-5-19/h1-5,8-9,14-15,17-18,21H,6-7,10-13,16,28H2. The van der Waals surface area contributed by atoms with E-state index in [1.807, 2.05) is 47.5 Å². The van der Waals surface area contributed by atoms with Crippen molar-refractivity contribution in [3.8, 4) is 0 Å². The topological polar surface area (TPSA) is 59.2 Å². The van der Waals surface area contributed by atoms with Gasteiger partial charge in [0.05, 0.1) is 5.56 Å². The van der Waals surface area contributed by atoms with Gasteiger partial charge in [-0.1, -0.05) is 42.5 Å². The fraction of sp³-hybridized carbons (Fsp3) is 0.308. The van der Waals surface area contributed by atoms with Gasteiger partial charge in [0.1, 0.15) is 5.82 Å². The molecule has 160 valence electrons. The molecule has 4 rings (SSSR count). The van der Waals surface area contributed by atoms with Gasteiger partial charge in [-0.3, -0.25) is 9.78 Å². The summed E-state index contributed by atoms with van der Waals surface area (Å²) in [6.45, 7) is 1.57. The van der Waals surface area contributed by atoms with Gasteiger partial charge >= 0.3 is 0 Å². The minimum atomic E-state index is -0.251. The number of nitrogens with zero attached hydrogens (tertiary/aromatic N) is 2. The minimum Gasteiger partial charge on any atom is -0.339 e. The van der Waals surface area contributed by atoms with Gasteiger partial charge in [0.15, 0.2) is 0 Å². The molecule has 0 atom stereocenters. The summed E-state index contributed by atoms with van der Waals surface area (Å²) in [5.41, 5.74) is 10.3. The number of benzene rings is 2. The smallest absolute Gasteiger partial charge is 0.255 e. The van der Waals surface area contributed by atoms with E-state index in [2.05, 4.69) is 17.1 Å². The zero-order chi connectivity index (χ0) is 21.6. The maximum Gasteiger partial charge on any atom is 0.255 e. The van der Waals surface area contributed by atoms with Gasteiger partial charge in [-0.25, -0.2) is 4.39 Å². The Morgan fingerprint density at radius 2 is 1.74 bits per heavy atom. The summed E-state index contributed by atoms with van der Waals surface area (Å²) in [5, 5.41) is 0. The molecule has 0 aliphatic carbocycles. The number of hydrogen-bond donors (Lipinski definition) is 1. The van der Waals surface area contributed by atoms with Crippen molar-refractivity contribution in [2.24, 2.45) is 5.73 Å². The van der Waals surface area contributed by atoms with Gasteiger partial charge in [-0.2, -0.15) is 0 Å². The Bertz CT molecular complexity index is 1030. The van der Waals surface area contributed by atoms with Crippen molar-refractivity contribution in [1.29, 1.82) is 0 Å². The van der Waals surface area contributed by atoms with Crippen LogP contribution in [0.2, 0.25) is 0 Å². The average Bonchev–Trinajstić information content (AvgIpc) is 2.83. The fourth-order valence-corrected chi connectivity index (χ4v) is 4.28. The summed E-state index contributed by atoms with van der Waals surface area (Å²) in [6, 6.07) is 17.5. The van der Waals surface area contributed by atoms with Crippen LogP contribution in [0.25, 0.3) is 0 Å². The van der Waals surface area contributed by atoms with Gasteiger partial charge in [-0.15, -0.1) is 0 Å². The molecule has 0 saturated carbocycles. The SMILES string of the molecule is NCc1cc(C2CCN(C(=O)c3cncc(CCc4ccccc4)c3)CC2)ccc1F. The molecule has 2 N–H and O–H groups in total. The van der Waals surface area contributed by atoms with E-state index in [9.17, 15) is 9.18 Å². The molecule has 0 radical (unpaired) electrons. The molecule has 1 aliphatic rings. The maximum absolute atomic E-state index is 13.7. The second-order valence-corrected chi connectivity index (χ2v) is 8.19. The number of nitrogens with two attached hydrogens (primary N) is 1. The lowest BCUT2D eigenvalue weighted by Gasteiger charge is -2.32. The van der Waals surface area contributed by atoms with Gasteiger partial charge < -0.3 is 10.6 Å². The molecule has 2 aromatic carbocycles. The van der Waals surface area contributed by atoms with Crippen molar-refractivity contribution in [3.63, 3.8) is 0 Å². The van der Waals surface area contributed by atoms with Gasteiger partial charge in [0.2, 0.25) is 0 Å². The van der Waals surface area contributed by atoms with E-state index >= 15 is 0 Å². The summed E-state index contributed by atoms with van der Waals surface area (Å²) in [4.78, 5) is 19.2. The molecule has 1 aliphatic heterocycles. The quantitative estimate of drug-likeness (QED) is 0.643. The molecular formula is C26H28FN3O. The van der Waals surface area contributed by atoms with Gasteiger partial charge in [0.25, 0.3) is 5.91 Å². The van der Waals surface area contributed by atoms with Crippen LogP contribution >= 0.6 is 0 Å². The summed E-state index contributed by atoms with van der Waals surface area (Å²) in [6.07, 6.45) is 7.01. The highest BCUT2D eigenvalue weighted by Gasteiger charge is 2.25. The van der Waals surface area contributed by atoms with E-state index in [4.69, 9.17) is 5.73 Å². The minimum absolute atomic E-state index is 0.0364. The molecule has 3 aromatic rings. The zero-order valence-corrected chi connectivity index (χ0v) is 17.6. The van der Waals surface area contributed by atoms with Crippen molar-refractivity contribution in [3.05, 3.63) is 101 Å². The lowest BCUT2D eigenvalue weighted by molar-refractivity contribution is 0.0712. The number of piperidine rings is 1. The third-order valence-corrected chi connectivity index (χ3v) is 6.13. The fourth-order valence-electron chi connectivity index (χ4n) is 4.28. The summed E-state index contributed by atoms with van der Waals surface area (Å²) >= 11 is 0. The normalized spacial score (nSPS) is 14.6. The molecule has 4 nitrogen and oxygen atoms in total. The van der Waals surface area contributed by atoms with Crippen LogP contribution in [0.3, 0.4) is 0 Å². The third-order valence-electron chi connectivity index (χ3n) is 6.13. The molecule has 1 fully saturated rings. The first-order chi connectivity index (χ1) is 15.1. The molecule has 0 bridgehead atoms. The van der Waals surface area contributed by atoms with Crippen molar-refractivity contribution < 1.29 is 9.18 Å². The first-order valence-corrected chi connectivity index (χ1v) is 10.9. The van der Waals surface area contributed by atoms with Crippen molar-refractivity contribution in [1.82, 2.24) is 9.88 Å². The number of rotatable bonds is 6. The van der Waals surface area contributed by atoms with Crippen LogP contribution in [0.15, 0.2) is 67.0 Å². The third kappa shape index (κ3) is 5.17. The van der Waals surface area contributed by atoms with Crippen molar-refractivity contribution in [2.75, 3.05) is 13.1 Å². The van der Waals surface area contributed by atoms with E-state index in [1.54, 1.807) is 6.20 Å². The molecule has 31 heavy (non-hydrogen) atoms. The molecule has 1 saturated heterocycles. The molecule has 1 amide bonds. The van der Waals surface area contributed by atoms with Crippen LogP contribution in [0.5, 0.6) is 0 Å². The van der Waals surface area contributed by atoms with E-state index in [0.29, 0.717) is 30.1 Å². The predicted octanol–water partition coefficient (Wildman–Crippen LogP) is 4.48. The average molecular weight is 418 g/mol. The molecule has 0 spiro atoms. The molecular weight excluding hydrogens is 389 g/mol. The van der Waals surface area contributed by atoms with E-state index in [1.165, 1.54) is 11.6 Å². The number of aryl methyl sites for hydroxylation is 2. The predicted molar refractivity (Wildman–Crippen MR) is 120 cm³/mol. The Balaban J connectivity index is 1.36. The Morgan fingerprint density at radius 1 is 1.00 bits per heavy atom. The molecule has 0 unspecified atom stereocenters. The van der Waals surface area contributed by atoms with Crippen LogP contribution in [0.1, 0.15) is 51.4 Å². The number of carbonyl (C=O) groups is 1. The Hall–Kier alpha value is -3.05. The van der Waals surface area contributed by atoms with E-state index in [-0.39, 0.29) is 18.3 Å². The summed E-state index contributed by atoms with van der Waals surface area (Å²) in [5.74, 6) is 0.109. The highest BCUT2D eigenvalue weighted by molar-refractivity contribution is 5.94. The lowest BCUT2D eigenvalue weighted by atomic mass is 9.88. The van der Waals surface area contributed by atoms with Gasteiger partial charge in [-0.05, 0) is 60.4 Å². The number of halogens is 1. The number of hydrogen-bond acceptors (Lipinski definition) is 3. The number of carbonyl (C=O) groups excluding carboxylic acids is 1. The van der Waals surface area contributed by atoms with Crippen molar-refractivity contribution in [2.45, 2.75) is 38.1 Å². The highest BCUT2D eigenvalue weighted by Crippen LogP contribution is 2.30. The molecule has 5 heteroatoms. The highest BCUT2D eigenvalue weighted by atomic mass is 19.1. The van der Waals surface area contributed by atoms with Crippen LogP contribution in [0.4, 0.5) is 4.39 Å². The first kappa shape index (κ1) is 21.2. The van der Waals surface area contributed by atoms with Crippen molar-refractivity contribution >= 4 is 5.91 Å². The maximum atomic E-state index is 13.7. The Kier molecular flexibility index (Phi) is 6.73. The van der Waals surface area contributed by atoms with E-state index in [0.717, 1.165) is 36.8 Å². The Labute approximate surface area is 182 Å². The number of likely N-dealkylation sites (tertiary alicyclic amines) is 1. The molecule has 2 heterocycles. The Morgan fingerprint density at radius 3 is 2.48 bits per heavy atom. The van der Waals surface area contributed by atoms with Gasteiger partial charge in [0, 0.05) is 37.6 Å². The number of aromatic nitrogens is 1. The summed E-state index contributed by atoms with van der Waals surface area (Å²) < 4.78 is 13.7. The lowest BCUT2D eigenvalue weighted by Crippen LogP contribution is -2.38. The van der Waals surface area contributed by atoms with Crippen LogP contribution in [0, 0.1) is 5.82 Å². The van der Waals surface area contributed by atoms with Crippen LogP contribution < -0.4 is 5.73 Å². The number of pyridine rings is 1. The van der Waals surface area contributed by atoms with E-state index < -0.39 is 0 Å². The second kappa shape index (κ2) is 9.84. The summed E-state index contributed by atoms with van der Waals surface area (Å²) in [7, 11) is 0. The number of amides is 1. The monoisotopic (exact) mass is 417 g/mol.